The van der Waals surface area contributed by atoms with Crippen LogP contribution >= 0.6 is 0 Å². The van der Waals surface area contributed by atoms with Gasteiger partial charge < -0.3 is 10.1 Å². The summed E-state index contributed by atoms with van der Waals surface area (Å²) in [6.07, 6.45) is 7.17. The van der Waals surface area contributed by atoms with Gasteiger partial charge in [-0.2, -0.15) is 0 Å². The van der Waals surface area contributed by atoms with Crippen LogP contribution in [-0.4, -0.2) is 49.8 Å². The van der Waals surface area contributed by atoms with Crippen LogP contribution in [0.3, 0.4) is 0 Å². The summed E-state index contributed by atoms with van der Waals surface area (Å²) < 4.78 is 5.40. The van der Waals surface area contributed by atoms with Gasteiger partial charge in [0.25, 0.3) is 0 Å². The normalized spacial score (nSPS) is 31.6. The van der Waals surface area contributed by atoms with Crippen molar-refractivity contribution in [3.8, 4) is 0 Å². The van der Waals surface area contributed by atoms with E-state index in [1.807, 2.05) is 7.11 Å². The van der Waals surface area contributed by atoms with E-state index in [9.17, 15) is 0 Å². The van der Waals surface area contributed by atoms with Gasteiger partial charge in [-0.05, 0) is 31.6 Å². The number of hydrogen-bond donors (Lipinski definition) is 1. The van der Waals surface area contributed by atoms with Crippen LogP contribution in [-0.2, 0) is 4.74 Å². The first-order valence-corrected chi connectivity index (χ1v) is 8.61. The molecule has 0 radical (unpaired) electrons. The van der Waals surface area contributed by atoms with Gasteiger partial charge in [-0.1, -0.05) is 33.1 Å². The molecule has 1 saturated carbocycles. The maximum atomic E-state index is 5.40. The molecule has 1 N–H and O–H groups in total. The maximum absolute atomic E-state index is 5.40. The van der Waals surface area contributed by atoms with Gasteiger partial charge in [-0.3, -0.25) is 4.90 Å². The van der Waals surface area contributed by atoms with Crippen molar-refractivity contribution in [1.29, 1.82) is 0 Å². The molecule has 0 aromatic heterocycles. The van der Waals surface area contributed by atoms with Crippen molar-refractivity contribution in [2.24, 2.45) is 11.8 Å². The largest absolute Gasteiger partial charge is 0.383 e. The first kappa shape index (κ1) is 16.3. The third-order valence-corrected chi connectivity index (χ3v) is 5.39. The molecule has 2 aliphatic rings. The zero-order valence-electron chi connectivity index (χ0n) is 13.9. The zero-order valence-corrected chi connectivity index (χ0v) is 13.9. The molecule has 1 aliphatic carbocycles. The average Bonchev–Trinajstić information content (AvgIpc) is 2.47. The van der Waals surface area contributed by atoms with E-state index < -0.39 is 0 Å². The van der Waals surface area contributed by atoms with Crippen molar-refractivity contribution in [2.75, 3.05) is 26.8 Å². The van der Waals surface area contributed by atoms with Gasteiger partial charge in [0.15, 0.2) is 0 Å². The maximum Gasteiger partial charge on any atom is 0.0615 e. The topological polar surface area (TPSA) is 24.5 Å². The number of methoxy groups -OCH3 is 1. The summed E-state index contributed by atoms with van der Waals surface area (Å²) in [5.41, 5.74) is 0. The summed E-state index contributed by atoms with van der Waals surface area (Å²) in [4.78, 5) is 2.71. The molecule has 0 amide bonds. The minimum atomic E-state index is 0.528. The highest BCUT2D eigenvalue weighted by molar-refractivity contribution is 4.93. The minimum Gasteiger partial charge on any atom is -0.383 e. The standard InChI is InChI=1S/C17H34N2O/c1-13(2)17-10-18-16(15-8-6-5-7-9-15)11-19(17)14(3)12-20-4/h13-18H,5-12H2,1-4H3. The third kappa shape index (κ3) is 3.96. The molecule has 1 saturated heterocycles. The van der Waals surface area contributed by atoms with Crippen molar-refractivity contribution >= 4 is 0 Å². The first-order valence-electron chi connectivity index (χ1n) is 8.61. The molecule has 0 aromatic rings. The second-order valence-electron chi connectivity index (χ2n) is 7.23. The molecule has 2 fully saturated rings. The highest BCUT2D eigenvalue weighted by atomic mass is 16.5. The fourth-order valence-corrected chi connectivity index (χ4v) is 4.13. The second kappa shape index (κ2) is 7.77. The van der Waals surface area contributed by atoms with Gasteiger partial charge in [0, 0.05) is 38.3 Å². The Labute approximate surface area is 125 Å². The molecule has 3 heteroatoms. The molecule has 0 bridgehead atoms. The smallest absolute Gasteiger partial charge is 0.0615 e. The Morgan fingerprint density at radius 3 is 2.45 bits per heavy atom. The lowest BCUT2D eigenvalue weighted by atomic mass is 9.82. The van der Waals surface area contributed by atoms with Crippen LogP contribution < -0.4 is 5.32 Å². The quantitative estimate of drug-likeness (QED) is 0.839. The zero-order chi connectivity index (χ0) is 14.5. The van der Waals surface area contributed by atoms with Crippen molar-refractivity contribution in [2.45, 2.75) is 71.0 Å². The van der Waals surface area contributed by atoms with Crippen LogP contribution in [0.15, 0.2) is 0 Å². The molecule has 2 rings (SSSR count). The van der Waals surface area contributed by atoms with E-state index >= 15 is 0 Å². The molecule has 118 valence electrons. The summed E-state index contributed by atoms with van der Waals surface area (Å²) in [5.74, 6) is 1.60. The van der Waals surface area contributed by atoms with Crippen LogP contribution in [0.1, 0.15) is 52.9 Å². The molecule has 0 spiro atoms. The van der Waals surface area contributed by atoms with Crippen molar-refractivity contribution < 1.29 is 4.74 Å². The number of nitrogens with zero attached hydrogens (tertiary/aromatic N) is 1. The third-order valence-electron chi connectivity index (χ3n) is 5.39. The van der Waals surface area contributed by atoms with E-state index in [4.69, 9.17) is 4.74 Å². The van der Waals surface area contributed by atoms with Crippen molar-refractivity contribution in [3.63, 3.8) is 0 Å². The predicted molar refractivity (Wildman–Crippen MR) is 85.0 cm³/mol. The fourth-order valence-electron chi connectivity index (χ4n) is 4.13. The van der Waals surface area contributed by atoms with Gasteiger partial charge in [0.1, 0.15) is 0 Å². The summed E-state index contributed by atoms with van der Waals surface area (Å²) in [6.45, 7) is 10.2. The number of hydrogen-bond acceptors (Lipinski definition) is 3. The molecule has 20 heavy (non-hydrogen) atoms. The van der Waals surface area contributed by atoms with E-state index in [-0.39, 0.29) is 0 Å². The van der Waals surface area contributed by atoms with Crippen molar-refractivity contribution in [1.82, 2.24) is 10.2 Å². The molecular formula is C17H34N2O. The summed E-state index contributed by atoms with van der Waals surface area (Å²) in [5, 5.41) is 3.86. The van der Waals surface area contributed by atoms with Crippen LogP contribution in [0.4, 0.5) is 0 Å². The van der Waals surface area contributed by atoms with Gasteiger partial charge in [-0.15, -0.1) is 0 Å². The summed E-state index contributed by atoms with van der Waals surface area (Å²) >= 11 is 0. The van der Waals surface area contributed by atoms with Gasteiger partial charge >= 0.3 is 0 Å². The number of ether oxygens (including phenoxy) is 1. The lowest BCUT2D eigenvalue weighted by molar-refractivity contribution is 0.0116. The Kier molecular flexibility index (Phi) is 6.31. The van der Waals surface area contributed by atoms with Crippen LogP contribution in [0.25, 0.3) is 0 Å². The van der Waals surface area contributed by atoms with Gasteiger partial charge in [-0.25, -0.2) is 0 Å². The summed E-state index contributed by atoms with van der Waals surface area (Å²) in [6, 6.07) is 1.88. The Bertz CT molecular complexity index is 276. The van der Waals surface area contributed by atoms with Crippen molar-refractivity contribution in [3.05, 3.63) is 0 Å². The molecule has 1 heterocycles. The molecule has 3 atom stereocenters. The molecule has 3 unspecified atom stereocenters. The SMILES string of the molecule is COCC(C)N1CC(C2CCCCC2)NCC1C(C)C. The van der Waals surface area contributed by atoms with E-state index in [0.717, 1.165) is 19.1 Å². The second-order valence-corrected chi connectivity index (χ2v) is 7.23. The minimum absolute atomic E-state index is 0.528. The Morgan fingerprint density at radius 1 is 1.15 bits per heavy atom. The van der Waals surface area contributed by atoms with Gasteiger partial charge in [0.2, 0.25) is 0 Å². The average molecular weight is 282 g/mol. The summed E-state index contributed by atoms with van der Waals surface area (Å²) in [7, 11) is 1.82. The van der Waals surface area contributed by atoms with E-state index in [2.05, 4.69) is 31.0 Å². The lowest BCUT2D eigenvalue weighted by Gasteiger charge is -2.47. The predicted octanol–water partition coefficient (Wildman–Crippen LogP) is 2.90. The number of piperazine rings is 1. The van der Waals surface area contributed by atoms with Gasteiger partial charge in [0.05, 0.1) is 6.61 Å². The van der Waals surface area contributed by atoms with Crippen LogP contribution in [0.2, 0.25) is 0 Å². The molecule has 1 aliphatic heterocycles. The number of nitrogens with one attached hydrogen (secondary N) is 1. The first-order chi connectivity index (χ1) is 9.63. The monoisotopic (exact) mass is 282 g/mol. The number of rotatable bonds is 5. The molecule has 0 aromatic carbocycles. The Hall–Kier alpha value is -0.120. The van der Waals surface area contributed by atoms with E-state index in [1.54, 1.807) is 0 Å². The Morgan fingerprint density at radius 2 is 1.85 bits per heavy atom. The lowest BCUT2D eigenvalue weighted by Crippen LogP contribution is -2.63. The van der Waals surface area contributed by atoms with Crippen LogP contribution in [0.5, 0.6) is 0 Å². The Balaban J connectivity index is 1.98. The highest BCUT2D eigenvalue weighted by Crippen LogP contribution is 2.30. The van der Waals surface area contributed by atoms with Crippen LogP contribution in [0, 0.1) is 11.8 Å². The molecular weight excluding hydrogens is 248 g/mol. The fraction of sp³-hybridized carbons (Fsp3) is 1.00. The van der Waals surface area contributed by atoms with E-state index in [0.29, 0.717) is 24.0 Å². The highest BCUT2D eigenvalue weighted by Gasteiger charge is 2.35. The molecule has 3 nitrogen and oxygen atoms in total. The van der Waals surface area contributed by atoms with E-state index in [1.165, 1.54) is 38.6 Å².